The molecule has 2 heterocycles. The van der Waals surface area contributed by atoms with Gasteiger partial charge in [-0.05, 0) is 60.9 Å². The molecule has 1 aliphatic carbocycles. The van der Waals surface area contributed by atoms with Gasteiger partial charge in [0.05, 0.1) is 16.7 Å². The molecule has 2 aromatic carbocycles. The van der Waals surface area contributed by atoms with Crippen molar-refractivity contribution in [3.05, 3.63) is 71.5 Å². The fraction of sp³-hybridized carbons (Fsp3) is 0.174. The second kappa shape index (κ2) is 7.22. The molecule has 0 bridgehead atoms. The summed E-state index contributed by atoms with van der Waals surface area (Å²) in [5.74, 6) is -2.47. The molecule has 0 spiro atoms. The lowest BCUT2D eigenvalue weighted by atomic mass is 9.94. The van der Waals surface area contributed by atoms with E-state index in [1.807, 2.05) is 0 Å². The Kier molecular flexibility index (Phi) is 4.55. The quantitative estimate of drug-likeness (QED) is 0.584. The average molecular weight is 456 g/mol. The minimum atomic E-state index is -3.75. The zero-order valence-electron chi connectivity index (χ0n) is 16.8. The first-order chi connectivity index (χ1) is 15.6. The van der Waals surface area contributed by atoms with E-state index >= 15 is 0 Å². The van der Waals surface area contributed by atoms with E-state index in [1.165, 1.54) is 24.3 Å². The summed E-state index contributed by atoms with van der Waals surface area (Å²) in [5.41, 5.74) is -0.145. The highest BCUT2D eigenvalue weighted by molar-refractivity contribution is 6.01. The molecule has 3 aromatic rings. The first-order valence-electron chi connectivity index (χ1n) is 9.88. The van der Waals surface area contributed by atoms with Gasteiger partial charge in [-0.15, -0.1) is 8.78 Å². The molecule has 1 amide bonds. The number of anilines is 1. The smallest absolute Gasteiger partial charge is 0.478 e. The van der Waals surface area contributed by atoms with Gasteiger partial charge < -0.3 is 19.9 Å². The van der Waals surface area contributed by atoms with Crippen LogP contribution < -0.4 is 14.8 Å². The number of alkyl halides is 2. The van der Waals surface area contributed by atoms with Crippen LogP contribution in [0.5, 0.6) is 11.5 Å². The van der Waals surface area contributed by atoms with Crippen molar-refractivity contribution in [2.45, 2.75) is 24.6 Å². The lowest BCUT2D eigenvalue weighted by Crippen LogP contribution is -2.28. The predicted octanol–water partition coefficient (Wildman–Crippen LogP) is 4.58. The van der Waals surface area contributed by atoms with E-state index in [1.54, 1.807) is 18.2 Å². The maximum atomic E-state index is 13.9. The molecular weight excluding hydrogens is 441 g/mol. The van der Waals surface area contributed by atoms with Crippen molar-refractivity contribution in [1.29, 1.82) is 0 Å². The van der Waals surface area contributed by atoms with E-state index < -0.39 is 23.5 Å². The highest BCUT2D eigenvalue weighted by Gasteiger charge is 2.53. The number of nitrogens with one attached hydrogen (secondary N) is 1. The number of benzene rings is 2. The highest BCUT2D eigenvalue weighted by Crippen LogP contribution is 2.52. The summed E-state index contributed by atoms with van der Waals surface area (Å²) < 4.78 is 49.4. The number of aromatic carboxylic acids is 1. The summed E-state index contributed by atoms with van der Waals surface area (Å²) in [6.45, 7) is 0. The molecular formula is C23H15F3N2O5. The maximum Gasteiger partial charge on any atom is 0.586 e. The van der Waals surface area contributed by atoms with Crippen LogP contribution in [0.1, 0.15) is 28.8 Å². The zero-order chi connectivity index (χ0) is 23.4. The van der Waals surface area contributed by atoms with Gasteiger partial charge in [0.1, 0.15) is 11.6 Å². The van der Waals surface area contributed by atoms with Gasteiger partial charge in [-0.3, -0.25) is 4.79 Å². The van der Waals surface area contributed by atoms with E-state index in [9.17, 15) is 22.8 Å². The van der Waals surface area contributed by atoms with Crippen molar-refractivity contribution in [2.75, 3.05) is 5.32 Å². The number of amides is 1. The van der Waals surface area contributed by atoms with E-state index in [4.69, 9.17) is 5.11 Å². The number of carboxylic acids is 1. The summed E-state index contributed by atoms with van der Waals surface area (Å²) in [7, 11) is 0. The Hall–Kier alpha value is -4.08. The number of carboxylic acid groups (broad SMARTS) is 1. The normalized spacial score (nSPS) is 16.8. The number of carbonyl (C=O) groups is 2. The van der Waals surface area contributed by atoms with Gasteiger partial charge in [-0.1, -0.05) is 12.1 Å². The Morgan fingerprint density at radius 1 is 1.00 bits per heavy atom. The molecule has 1 saturated carbocycles. The molecule has 1 aromatic heterocycles. The minimum Gasteiger partial charge on any atom is -0.478 e. The van der Waals surface area contributed by atoms with Crippen molar-refractivity contribution in [1.82, 2.24) is 4.98 Å². The Morgan fingerprint density at radius 2 is 1.76 bits per heavy atom. The standard InChI is InChI=1S/C23H15F3N2O5/c24-15-9-12(8-13(10-15)20(29)30)16-2-1-3-19(27-16)28-21(31)22(6-7-22)14-4-5-17-18(11-14)33-23(25,26)32-17/h1-5,8-11H,6-7H2,(H,29,30)(H,27,28,31). The third-order valence-corrected chi connectivity index (χ3v) is 5.57. The van der Waals surface area contributed by atoms with Gasteiger partial charge in [-0.2, -0.15) is 0 Å². The van der Waals surface area contributed by atoms with Crippen LogP contribution in [-0.4, -0.2) is 28.3 Å². The molecule has 0 atom stereocenters. The van der Waals surface area contributed by atoms with Crippen molar-refractivity contribution in [3.8, 4) is 22.8 Å². The van der Waals surface area contributed by atoms with Crippen LogP contribution in [0.15, 0.2) is 54.6 Å². The molecule has 2 N–H and O–H groups in total. The largest absolute Gasteiger partial charge is 0.586 e. The van der Waals surface area contributed by atoms with Crippen molar-refractivity contribution < 1.29 is 37.3 Å². The van der Waals surface area contributed by atoms with Gasteiger partial charge >= 0.3 is 12.3 Å². The topological polar surface area (TPSA) is 97.8 Å². The zero-order valence-corrected chi connectivity index (χ0v) is 16.8. The molecule has 0 radical (unpaired) electrons. The first-order valence-corrected chi connectivity index (χ1v) is 9.88. The lowest BCUT2D eigenvalue weighted by Gasteiger charge is -2.16. The van der Waals surface area contributed by atoms with Gasteiger partial charge in [0.15, 0.2) is 11.5 Å². The highest BCUT2D eigenvalue weighted by atomic mass is 19.3. The van der Waals surface area contributed by atoms with E-state index in [-0.39, 0.29) is 40.0 Å². The molecule has 0 saturated heterocycles. The molecule has 7 nitrogen and oxygen atoms in total. The fourth-order valence-corrected chi connectivity index (χ4v) is 3.78. The van der Waals surface area contributed by atoms with Crippen LogP contribution in [0.4, 0.5) is 19.0 Å². The average Bonchev–Trinajstić information content (AvgIpc) is 3.50. The summed E-state index contributed by atoms with van der Waals surface area (Å²) in [6, 6.07) is 12.3. The Bertz CT molecular complexity index is 1310. The Labute approximate surface area is 184 Å². The SMILES string of the molecule is O=C(O)c1cc(F)cc(-c2cccc(NC(=O)C3(c4ccc5c(c4)OC(F)(F)O5)CC3)n2)c1. The van der Waals surface area contributed by atoms with Crippen LogP contribution in [-0.2, 0) is 10.2 Å². The molecule has 10 heteroatoms. The van der Waals surface area contributed by atoms with Crippen molar-refractivity contribution >= 4 is 17.7 Å². The number of nitrogens with zero attached hydrogens (tertiary/aromatic N) is 1. The molecule has 168 valence electrons. The van der Waals surface area contributed by atoms with Crippen LogP contribution >= 0.6 is 0 Å². The second-order valence-electron chi connectivity index (χ2n) is 7.81. The summed E-state index contributed by atoms with van der Waals surface area (Å²) in [5, 5.41) is 11.9. The lowest BCUT2D eigenvalue weighted by molar-refractivity contribution is -0.286. The van der Waals surface area contributed by atoms with Crippen LogP contribution in [0.25, 0.3) is 11.3 Å². The molecule has 0 unspecified atom stereocenters. The molecule has 1 aliphatic heterocycles. The van der Waals surface area contributed by atoms with Gasteiger partial charge in [0.25, 0.3) is 0 Å². The van der Waals surface area contributed by atoms with Crippen molar-refractivity contribution in [2.24, 2.45) is 0 Å². The number of fused-ring (bicyclic) bond motifs is 1. The van der Waals surface area contributed by atoms with Gasteiger partial charge in [0, 0.05) is 5.56 Å². The monoisotopic (exact) mass is 456 g/mol. The van der Waals surface area contributed by atoms with Gasteiger partial charge in [-0.25, -0.2) is 14.2 Å². The fourth-order valence-electron chi connectivity index (χ4n) is 3.78. The first kappa shape index (κ1) is 20.8. The molecule has 33 heavy (non-hydrogen) atoms. The third kappa shape index (κ3) is 3.84. The van der Waals surface area contributed by atoms with E-state index in [0.717, 1.165) is 12.1 Å². The molecule has 2 aliphatic rings. The summed E-state index contributed by atoms with van der Waals surface area (Å²) >= 11 is 0. The van der Waals surface area contributed by atoms with Gasteiger partial charge in [0.2, 0.25) is 5.91 Å². The number of ether oxygens (including phenoxy) is 2. The maximum absolute atomic E-state index is 13.9. The predicted molar refractivity (Wildman–Crippen MR) is 109 cm³/mol. The third-order valence-electron chi connectivity index (χ3n) is 5.57. The molecule has 5 rings (SSSR count). The summed E-state index contributed by atoms with van der Waals surface area (Å²) in [6.07, 6.45) is -2.75. The Balaban J connectivity index is 1.39. The summed E-state index contributed by atoms with van der Waals surface area (Å²) in [4.78, 5) is 28.6. The minimum absolute atomic E-state index is 0.106. The number of pyridine rings is 1. The Morgan fingerprint density at radius 3 is 2.48 bits per heavy atom. The number of hydrogen-bond acceptors (Lipinski definition) is 5. The van der Waals surface area contributed by atoms with E-state index in [2.05, 4.69) is 19.8 Å². The number of hydrogen-bond donors (Lipinski definition) is 2. The van der Waals surface area contributed by atoms with Crippen molar-refractivity contribution in [3.63, 3.8) is 0 Å². The number of aromatic nitrogens is 1. The number of halogens is 3. The van der Waals surface area contributed by atoms with Crippen LogP contribution in [0.3, 0.4) is 0 Å². The van der Waals surface area contributed by atoms with Crippen LogP contribution in [0, 0.1) is 5.82 Å². The number of rotatable bonds is 5. The second-order valence-corrected chi connectivity index (χ2v) is 7.81. The number of carbonyl (C=O) groups excluding carboxylic acids is 1. The molecule has 1 fully saturated rings. The van der Waals surface area contributed by atoms with Crippen LogP contribution in [0.2, 0.25) is 0 Å². The van der Waals surface area contributed by atoms with E-state index in [0.29, 0.717) is 18.4 Å².